The van der Waals surface area contributed by atoms with E-state index in [9.17, 15) is 4.79 Å². The second-order valence-electron chi connectivity index (χ2n) is 5.14. The number of rotatable bonds is 5. The van der Waals surface area contributed by atoms with Crippen LogP contribution in [0.1, 0.15) is 5.56 Å². The molecule has 118 valence electrons. The molecule has 0 aromatic heterocycles. The quantitative estimate of drug-likeness (QED) is 0.663. The number of carbonyl (C=O) groups excluding carboxylic acids is 1. The highest BCUT2D eigenvalue weighted by Gasteiger charge is 2.06. The van der Waals surface area contributed by atoms with Crippen LogP contribution in [0.4, 0.5) is 5.69 Å². The third-order valence-corrected chi connectivity index (χ3v) is 3.34. The molecule has 3 nitrogen and oxygen atoms in total. The molecule has 1 amide bonds. The van der Waals surface area contributed by atoms with Gasteiger partial charge in [-0.25, -0.2) is 0 Å². The van der Waals surface area contributed by atoms with Gasteiger partial charge in [0.05, 0.1) is 5.69 Å². The van der Waals surface area contributed by atoms with Crippen LogP contribution >= 0.6 is 0 Å². The van der Waals surface area contributed by atoms with Gasteiger partial charge in [-0.15, -0.1) is 0 Å². The third-order valence-electron chi connectivity index (χ3n) is 3.34. The Morgan fingerprint density at radius 1 is 0.792 bits per heavy atom. The fourth-order valence-electron chi connectivity index (χ4n) is 2.18. The van der Waals surface area contributed by atoms with Crippen LogP contribution in [0.3, 0.4) is 0 Å². The summed E-state index contributed by atoms with van der Waals surface area (Å²) < 4.78 is 5.83. The monoisotopic (exact) mass is 315 g/mol. The number of hydrogen-bond donors (Lipinski definition) is 1. The Balaban J connectivity index is 1.71. The van der Waals surface area contributed by atoms with E-state index in [2.05, 4.69) is 5.32 Å². The van der Waals surface area contributed by atoms with Gasteiger partial charge in [0.2, 0.25) is 5.91 Å². The number of para-hydroxylation sites is 3. The van der Waals surface area contributed by atoms with E-state index >= 15 is 0 Å². The molecule has 3 rings (SSSR count). The number of anilines is 1. The van der Waals surface area contributed by atoms with Crippen molar-refractivity contribution < 1.29 is 9.53 Å². The molecule has 24 heavy (non-hydrogen) atoms. The Kier molecular flexibility index (Phi) is 5.05. The molecular formula is C21H17NO2. The average Bonchev–Trinajstić information content (AvgIpc) is 2.63. The number of ether oxygens (including phenoxy) is 1. The summed E-state index contributed by atoms with van der Waals surface area (Å²) in [6.45, 7) is 0. The zero-order valence-corrected chi connectivity index (χ0v) is 13.1. The fraction of sp³-hybridized carbons (Fsp3) is 0. The summed E-state index contributed by atoms with van der Waals surface area (Å²) in [5, 5.41) is 2.85. The van der Waals surface area contributed by atoms with Crippen molar-refractivity contribution in [2.45, 2.75) is 0 Å². The minimum atomic E-state index is -0.206. The van der Waals surface area contributed by atoms with Crippen molar-refractivity contribution in [3.8, 4) is 11.5 Å². The summed E-state index contributed by atoms with van der Waals surface area (Å²) >= 11 is 0. The van der Waals surface area contributed by atoms with Crippen LogP contribution in [0.25, 0.3) is 6.08 Å². The summed E-state index contributed by atoms with van der Waals surface area (Å²) in [5.74, 6) is 1.12. The third kappa shape index (κ3) is 4.34. The number of nitrogens with one attached hydrogen (secondary N) is 1. The van der Waals surface area contributed by atoms with Crippen LogP contribution in [0.2, 0.25) is 0 Å². The molecule has 0 spiro atoms. The maximum absolute atomic E-state index is 12.1. The van der Waals surface area contributed by atoms with Gasteiger partial charge < -0.3 is 10.1 Å². The second-order valence-corrected chi connectivity index (χ2v) is 5.14. The standard InChI is InChI=1S/C21H17NO2/c23-21(16-15-17-9-3-1-4-10-17)22-19-13-7-8-14-20(19)24-18-11-5-2-6-12-18/h1-16H,(H,22,23). The van der Waals surface area contributed by atoms with Crippen LogP contribution in [0.5, 0.6) is 11.5 Å². The maximum atomic E-state index is 12.1. The number of carbonyl (C=O) groups is 1. The predicted octanol–water partition coefficient (Wildman–Crippen LogP) is 5.13. The van der Waals surface area contributed by atoms with Crippen LogP contribution in [-0.4, -0.2) is 5.91 Å². The minimum absolute atomic E-state index is 0.206. The van der Waals surface area contributed by atoms with E-state index < -0.39 is 0 Å². The van der Waals surface area contributed by atoms with Crippen molar-refractivity contribution in [1.29, 1.82) is 0 Å². The van der Waals surface area contributed by atoms with Crippen LogP contribution in [0, 0.1) is 0 Å². The summed E-state index contributed by atoms with van der Waals surface area (Å²) in [6.07, 6.45) is 3.28. The molecular weight excluding hydrogens is 298 g/mol. The molecule has 1 N–H and O–H groups in total. The molecule has 0 heterocycles. The zero-order valence-electron chi connectivity index (χ0n) is 13.1. The van der Waals surface area contributed by atoms with Crippen molar-refractivity contribution in [3.05, 3.63) is 96.6 Å². The maximum Gasteiger partial charge on any atom is 0.248 e. The van der Waals surface area contributed by atoms with E-state index in [1.807, 2.05) is 84.9 Å². The first-order valence-corrected chi connectivity index (χ1v) is 7.67. The van der Waals surface area contributed by atoms with E-state index in [0.29, 0.717) is 11.4 Å². The zero-order chi connectivity index (χ0) is 16.6. The van der Waals surface area contributed by atoms with Gasteiger partial charge in [0.15, 0.2) is 5.75 Å². The highest BCUT2D eigenvalue weighted by molar-refractivity contribution is 6.02. The normalized spacial score (nSPS) is 10.5. The van der Waals surface area contributed by atoms with E-state index in [0.717, 1.165) is 11.3 Å². The fourth-order valence-corrected chi connectivity index (χ4v) is 2.18. The van der Waals surface area contributed by atoms with Crippen molar-refractivity contribution in [1.82, 2.24) is 0 Å². The highest BCUT2D eigenvalue weighted by atomic mass is 16.5. The molecule has 0 fully saturated rings. The van der Waals surface area contributed by atoms with Gasteiger partial charge in [0, 0.05) is 6.08 Å². The summed E-state index contributed by atoms with van der Waals surface area (Å²) in [4.78, 5) is 12.1. The Hall–Kier alpha value is -3.33. The first-order valence-electron chi connectivity index (χ1n) is 7.67. The van der Waals surface area contributed by atoms with Crippen LogP contribution < -0.4 is 10.1 Å². The first-order chi connectivity index (χ1) is 11.8. The second kappa shape index (κ2) is 7.79. The molecule has 0 atom stereocenters. The Bertz CT molecular complexity index is 827. The summed E-state index contributed by atoms with van der Waals surface area (Å²) in [5.41, 5.74) is 1.60. The van der Waals surface area contributed by atoms with E-state index in [-0.39, 0.29) is 5.91 Å². The lowest BCUT2D eigenvalue weighted by molar-refractivity contribution is -0.111. The molecule has 0 saturated carbocycles. The van der Waals surface area contributed by atoms with Gasteiger partial charge in [-0.05, 0) is 35.9 Å². The summed E-state index contributed by atoms with van der Waals surface area (Å²) in [6, 6.07) is 26.5. The Labute approximate surface area is 141 Å². The smallest absolute Gasteiger partial charge is 0.248 e. The molecule has 0 saturated heterocycles. The lowest BCUT2D eigenvalue weighted by Gasteiger charge is -2.11. The average molecular weight is 315 g/mol. The van der Waals surface area contributed by atoms with Gasteiger partial charge in [-0.2, -0.15) is 0 Å². The first kappa shape index (κ1) is 15.6. The van der Waals surface area contributed by atoms with Gasteiger partial charge >= 0.3 is 0 Å². The largest absolute Gasteiger partial charge is 0.455 e. The topological polar surface area (TPSA) is 38.3 Å². The van der Waals surface area contributed by atoms with E-state index in [4.69, 9.17) is 4.74 Å². The van der Waals surface area contributed by atoms with Gasteiger partial charge in [0.1, 0.15) is 5.75 Å². The minimum Gasteiger partial charge on any atom is -0.455 e. The number of hydrogen-bond acceptors (Lipinski definition) is 2. The molecule has 0 unspecified atom stereocenters. The number of benzene rings is 3. The summed E-state index contributed by atoms with van der Waals surface area (Å²) in [7, 11) is 0. The molecule has 0 aliphatic rings. The lowest BCUT2D eigenvalue weighted by atomic mass is 10.2. The van der Waals surface area contributed by atoms with Gasteiger partial charge in [-0.3, -0.25) is 4.79 Å². The van der Waals surface area contributed by atoms with Crippen molar-refractivity contribution >= 4 is 17.7 Å². The molecule has 3 aromatic rings. The van der Waals surface area contributed by atoms with E-state index in [1.165, 1.54) is 6.08 Å². The SMILES string of the molecule is O=C(C=Cc1ccccc1)Nc1ccccc1Oc1ccccc1. The van der Waals surface area contributed by atoms with Crippen LogP contribution in [-0.2, 0) is 4.79 Å². The highest BCUT2D eigenvalue weighted by Crippen LogP contribution is 2.29. The molecule has 0 radical (unpaired) electrons. The molecule has 3 heteroatoms. The van der Waals surface area contributed by atoms with Crippen molar-refractivity contribution in [2.24, 2.45) is 0 Å². The molecule has 3 aromatic carbocycles. The lowest BCUT2D eigenvalue weighted by Crippen LogP contribution is -2.08. The molecule has 0 aliphatic heterocycles. The molecule has 0 aliphatic carbocycles. The van der Waals surface area contributed by atoms with Gasteiger partial charge in [-0.1, -0.05) is 60.7 Å². The Morgan fingerprint density at radius 2 is 1.42 bits per heavy atom. The van der Waals surface area contributed by atoms with Crippen molar-refractivity contribution in [3.63, 3.8) is 0 Å². The van der Waals surface area contributed by atoms with Crippen molar-refractivity contribution in [2.75, 3.05) is 5.32 Å². The molecule has 0 bridgehead atoms. The number of amides is 1. The van der Waals surface area contributed by atoms with E-state index in [1.54, 1.807) is 6.08 Å². The predicted molar refractivity (Wildman–Crippen MR) is 97.1 cm³/mol. The Morgan fingerprint density at radius 3 is 2.17 bits per heavy atom. The van der Waals surface area contributed by atoms with Crippen LogP contribution in [0.15, 0.2) is 91.0 Å². The van der Waals surface area contributed by atoms with Gasteiger partial charge in [0.25, 0.3) is 0 Å².